The maximum absolute atomic E-state index is 11.1. The van der Waals surface area contributed by atoms with Gasteiger partial charge in [0.15, 0.2) is 5.78 Å². The van der Waals surface area contributed by atoms with Crippen molar-refractivity contribution in [2.75, 3.05) is 13.1 Å². The molecule has 0 aromatic carbocycles. The molecule has 0 saturated carbocycles. The van der Waals surface area contributed by atoms with Crippen molar-refractivity contribution in [1.82, 2.24) is 16.0 Å². The number of likely N-dealkylation sites (N-methyl/N-ethyl adjacent to an activating group) is 1. The van der Waals surface area contributed by atoms with Crippen molar-refractivity contribution in [2.24, 2.45) is 0 Å². The molecule has 19 heavy (non-hydrogen) atoms. The van der Waals surface area contributed by atoms with Gasteiger partial charge in [0, 0.05) is 13.0 Å². The molecule has 6 nitrogen and oxygen atoms in total. The summed E-state index contributed by atoms with van der Waals surface area (Å²) in [4.78, 5) is 32.1. The van der Waals surface area contributed by atoms with Crippen molar-refractivity contribution in [3.63, 3.8) is 0 Å². The Morgan fingerprint density at radius 1 is 1.32 bits per heavy atom. The molecule has 3 N–H and O–H groups in total. The molecule has 0 aromatic rings. The van der Waals surface area contributed by atoms with E-state index in [0.717, 1.165) is 25.9 Å². The van der Waals surface area contributed by atoms with Crippen LogP contribution in [0.3, 0.4) is 0 Å². The van der Waals surface area contributed by atoms with E-state index in [1.54, 1.807) is 0 Å². The van der Waals surface area contributed by atoms with Gasteiger partial charge >= 0.3 is 0 Å². The molecule has 2 aliphatic rings. The van der Waals surface area contributed by atoms with Gasteiger partial charge in [-0.3, -0.25) is 14.4 Å². The lowest BCUT2D eigenvalue weighted by atomic mass is 10.2. The third kappa shape index (κ3) is 5.38. The van der Waals surface area contributed by atoms with Crippen molar-refractivity contribution < 1.29 is 14.4 Å². The lowest BCUT2D eigenvalue weighted by Crippen LogP contribution is -2.40. The predicted molar refractivity (Wildman–Crippen MR) is 71.6 cm³/mol. The van der Waals surface area contributed by atoms with Crippen LogP contribution in [0.2, 0.25) is 0 Å². The fourth-order valence-electron chi connectivity index (χ4n) is 2.12. The molecule has 6 heteroatoms. The van der Waals surface area contributed by atoms with E-state index in [2.05, 4.69) is 16.0 Å². The van der Waals surface area contributed by atoms with Crippen LogP contribution in [-0.2, 0) is 14.4 Å². The predicted octanol–water partition coefficient (Wildman–Crippen LogP) is -0.271. The first kappa shape index (κ1) is 15.6. The van der Waals surface area contributed by atoms with Gasteiger partial charge < -0.3 is 16.0 Å². The van der Waals surface area contributed by atoms with Crippen LogP contribution in [-0.4, -0.2) is 42.8 Å². The largest absolute Gasteiger partial charge is 0.355 e. The quantitative estimate of drug-likeness (QED) is 0.658. The summed E-state index contributed by atoms with van der Waals surface area (Å²) in [6.45, 7) is 5.15. The first-order valence-corrected chi connectivity index (χ1v) is 6.85. The van der Waals surface area contributed by atoms with Crippen LogP contribution in [0.15, 0.2) is 0 Å². The highest BCUT2D eigenvalue weighted by molar-refractivity contribution is 5.90. The van der Waals surface area contributed by atoms with E-state index in [0.29, 0.717) is 12.8 Å². The number of nitrogens with one attached hydrogen (secondary N) is 3. The monoisotopic (exact) mass is 269 g/mol. The molecule has 108 valence electrons. The van der Waals surface area contributed by atoms with Gasteiger partial charge in [-0.1, -0.05) is 0 Å². The highest BCUT2D eigenvalue weighted by Gasteiger charge is 2.23. The summed E-state index contributed by atoms with van der Waals surface area (Å²) in [5.41, 5.74) is 0. The second-order valence-corrected chi connectivity index (χ2v) is 4.81. The third-order valence-corrected chi connectivity index (χ3v) is 3.21. The van der Waals surface area contributed by atoms with Gasteiger partial charge in [0.25, 0.3) is 0 Å². The molecular weight excluding hydrogens is 246 g/mol. The van der Waals surface area contributed by atoms with Crippen molar-refractivity contribution >= 4 is 17.6 Å². The first-order chi connectivity index (χ1) is 9.04. The maximum atomic E-state index is 11.1. The highest BCUT2D eigenvalue weighted by atomic mass is 16.2. The average Bonchev–Trinajstić information content (AvgIpc) is 3.00. The van der Waals surface area contributed by atoms with Crippen LogP contribution in [0.5, 0.6) is 0 Å². The van der Waals surface area contributed by atoms with Crippen molar-refractivity contribution in [3.8, 4) is 0 Å². The number of rotatable bonds is 3. The van der Waals surface area contributed by atoms with Crippen LogP contribution < -0.4 is 16.0 Å². The number of hydrogen-bond donors (Lipinski definition) is 3. The van der Waals surface area contributed by atoms with E-state index in [9.17, 15) is 14.4 Å². The fraction of sp³-hybridized carbons (Fsp3) is 0.769. The minimum Gasteiger partial charge on any atom is -0.355 e. The Morgan fingerprint density at radius 3 is 2.42 bits per heavy atom. The maximum Gasteiger partial charge on any atom is 0.237 e. The van der Waals surface area contributed by atoms with Gasteiger partial charge in [-0.25, -0.2) is 0 Å². The summed E-state index contributed by atoms with van der Waals surface area (Å²) in [5.74, 6) is 0.205. The Morgan fingerprint density at radius 2 is 2.05 bits per heavy atom. The number of Topliss-reactive ketones (excluding diaryl/α,β-unsaturated/α-hetero) is 1. The topological polar surface area (TPSA) is 87.3 Å². The van der Waals surface area contributed by atoms with Gasteiger partial charge in [-0.2, -0.15) is 0 Å². The van der Waals surface area contributed by atoms with Gasteiger partial charge in [0.05, 0.1) is 12.1 Å². The molecule has 0 radical (unpaired) electrons. The summed E-state index contributed by atoms with van der Waals surface area (Å²) in [7, 11) is 0. The molecule has 2 saturated heterocycles. The normalized spacial score (nSPS) is 25.3. The zero-order valence-electron chi connectivity index (χ0n) is 11.6. The van der Waals surface area contributed by atoms with Gasteiger partial charge in [-0.15, -0.1) is 0 Å². The molecular formula is C13H23N3O3. The lowest BCUT2D eigenvalue weighted by molar-refractivity contribution is -0.123. The van der Waals surface area contributed by atoms with Gasteiger partial charge in [0.1, 0.15) is 0 Å². The average molecular weight is 269 g/mol. The minimum atomic E-state index is -0.197. The Bertz CT molecular complexity index is 338. The Labute approximate surface area is 113 Å². The molecule has 2 aliphatic heterocycles. The minimum absolute atomic E-state index is 0.00444. The number of hydrogen-bond acceptors (Lipinski definition) is 4. The Kier molecular flexibility index (Phi) is 6.49. The summed E-state index contributed by atoms with van der Waals surface area (Å²) < 4.78 is 0. The number of ketones is 1. The molecule has 2 heterocycles. The SMILES string of the molecule is CC(=O)C1CCC(=O)N1.CCNC(=O)C1CCCN1. The van der Waals surface area contributed by atoms with E-state index in [4.69, 9.17) is 0 Å². The Hall–Kier alpha value is -1.43. The number of amides is 2. The molecule has 0 aromatic heterocycles. The molecule has 2 unspecified atom stereocenters. The van der Waals surface area contributed by atoms with Crippen molar-refractivity contribution in [2.45, 2.75) is 51.6 Å². The van der Waals surface area contributed by atoms with Crippen LogP contribution in [0, 0.1) is 0 Å². The summed E-state index contributed by atoms with van der Waals surface area (Å²) in [5, 5.41) is 8.48. The van der Waals surface area contributed by atoms with Gasteiger partial charge in [0.2, 0.25) is 11.8 Å². The summed E-state index contributed by atoms with van der Waals surface area (Å²) in [6, 6.07) is -0.113. The second-order valence-electron chi connectivity index (χ2n) is 4.81. The fourth-order valence-corrected chi connectivity index (χ4v) is 2.12. The van der Waals surface area contributed by atoms with Crippen LogP contribution in [0.25, 0.3) is 0 Å². The van der Waals surface area contributed by atoms with Crippen LogP contribution >= 0.6 is 0 Å². The smallest absolute Gasteiger partial charge is 0.237 e. The van der Waals surface area contributed by atoms with Crippen LogP contribution in [0.1, 0.15) is 39.5 Å². The molecule has 2 atom stereocenters. The highest BCUT2D eigenvalue weighted by Crippen LogP contribution is 2.06. The summed E-state index contributed by atoms with van der Waals surface area (Å²) >= 11 is 0. The van der Waals surface area contributed by atoms with Crippen molar-refractivity contribution in [3.05, 3.63) is 0 Å². The van der Waals surface area contributed by atoms with E-state index < -0.39 is 0 Å². The molecule has 2 fully saturated rings. The molecule has 0 bridgehead atoms. The standard InChI is InChI=1S/C7H14N2O.C6H9NO2/c1-2-8-7(10)6-4-3-5-9-6;1-4(8)5-2-3-6(9)7-5/h6,9H,2-5H2,1H3,(H,8,10);5H,2-3H2,1H3,(H,7,9). The van der Waals surface area contributed by atoms with Crippen LogP contribution in [0.4, 0.5) is 0 Å². The molecule has 0 aliphatic carbocycles. The number of carbonyl (C=O) groups is 3. The van der Waals surface area contributed by atoms with E-state index in [-0.39, 0.29) is 29.7 Å². The van der Waals surface area contributed by atoms with E-state index in [1.807, 2.05) is 6.92 Å². The van der Waals surface area contributed by atoms with E-state index >= 15 is 0 Å². The summed E-state index contributed by atoms with van der Waals surface area (Å²) in [6.07, 6.45) is 3.30. The molecule has 2 rings (SSSR count). The van der Waals surface area contributed by atoms with E-state index in [1.165, 1.54) is 6.92 Å². The zero-order valence-corrected chi connectivity index (χ0v) is 11.6. The first-order valence-electron chi connectivity index (χ1n) is 6.85. The zero-order chi connectivity index (χ0) is 14.3. The molecule has 2 amide bonds. The second kappa shape index (κ2) is 7.89. The third-order valence-electron chi connectivity index (χ3n) is 3.21. The Balaban J connectivity index is 0.000000191. The molecule has 0 spiro atoms. The van der Waals surface area contributed by atoms with Gasteiger partial charge in [-0.05, 0) is 39.7 Å². The number of carbonyl (C=O) groups excluding carboxylic acids is 3. The van der Waals surface area contributed by atoms with Crippen molar-refractivity contribution in [1.29, 1.82) is 0 Å². The lowest BCUT2D eigenvalue weighted by Gasteiger charge is -2.08.